The summed E-state index contributed by atoms with van der Waals surface area (Å²) >= 11 is 0. The molecule has 6 nitrogen and oxygen atoms in total. The Balaban J connectivity index is 1.64. The Morgan fingerprint density at radius 1 is 1.14 bits per heavy atom. The molecule has 1 aliphatic rings. The van der Waals surface area contributed by atoms with E-state index in [9.17, 15) is 4.79 Å². The zero-order chi connectivity index (χ0) is 15.4. The molecule has 0 radical (unpaired) electrons. The van der Waals surface area contributed by atoms with Crippen LogP contribution in [0.4, 0.5) is 5.82 Å². The number of amides is 1. The minimum absolute atomic E-state index is 0.0395. The van der Waals surface area contributed by atoms with Crippen LogP contribution in [0.1, 0.15) is 10.4 Å². The first-order valence-corrected chi connectivity index (χ1v) is 7.24. The predicted molar refractivity (Wildman–Crippen MR) is 83.1 cm³/mol. The van der Waals surface area contributed by atoms with Crippen molar-refractivity contribution in [1.82, 2.24) is 15.1 Å². The molecule has 6 heteroatoms. The maximum atomic E-state index is 12.5. The summed E-state index contributed by atoms with van der Waals surface area (Å²) in [5.74, 6) is 1.60. The summed E-state index contributed by atoms with van der Waals surface area (Å²) in [6.07, 6.45) is 1.66. The van der Waals surface area contributed by atoms with Gasteiger partial charge in [0.05, 0.1) is 7.11 Å². The van der Waals surface area contributed by atoms with Gasteiger partial charge < -0.3 is 14.5 Å². The van der Waals surface area contributed by atoms with Gasteiger partial charge in [0.15, 0.2) is 5.82 Å². The molecule has 0 N–H and O–H groups in total. The highest BCUT2D eigenvalue weighted by Crippen LogP contribution is 2.17. The van der Waals surface area contributed by atoms with Gasteiger partial charge in [-0.1, -0.05) is 6.07 Å². The van der Waals surface area contributed by atoms with Gasteiger partial charge in [0.2, 0.25) is 0 Å². The van der Waals surface area contributed by atoms with E-state index in [0.29, 0.717) is 24.4 Å². The van der Waals surface area contributed by atoms with Crippen LogP contribution < -0.4 is 9.64 Å². The van der Waals surface area contributed by atoms with Crippen LogP contribution in [0.15, 0.2) is 42.6 Å². The number of nitrogens with zero attached hydrogens (tertiary/aromatic N) is 4. The minimum Gasteiger partial charge on any atom is -0.497 e. The first kappa shape index (κ1) is 14.3. The molecule has 1 fully saturated rings. The molecule has 2 heterocycles. The molecular formula is C16H18N4O2. The number of rotatable bonds is 3. The van der Waals surface area contributed by atoms with Crippen molar-refractivity contribution in [3.63, 3.8) is 0 Å². The van der Waals surface area contributed by atoms with E-state index < -0.39 is 0 Å². The smallest absolute Gasteiger partial charge is 0.254 e. The SMILES string of the molecule is COc1cccc(C(=O)N2CCN(c3cccnn3)CC2)c1. The maximum absolute atomic E-state index is 12.5. The summed E-state index contributed by atoms with van der Waals surface area (Å²) in [4.78, 5) is 16.5. The molecule has 0 spiro atoms. The molecule has 1 aliphatic heterocycles. The lowest BCUT2D eigenvalue weighted by atomic mass is 10.1. The van der Waals surface area contributed by atoms with Crippen molar-refractivity contribution in [1.29, 1.82) is 0 Å². The highest BCUT2D eigenvalue weighted by molar-refractivity contribution is 5.94. The second-order valence-corrected chi connectivity index (χ2v) is 5.09. The van der Waals surface area contributed by atoms with E-state index in [1.165, 1.54) is 0 Å². The molecule has 1 amide bonds. The van der Waals surface area contributed by atoms with Crippen LogP contribution in [0.5, 0.6) is 5.75 Å². The first-order chi connectivity index (χ1) is 10.8. The molecule has 114 valence electrons. The number of carbonyl (C=O) groups excluding carboxylic acids is 1. The molecule has 0 atom stereocenters. The van der Waals surface area contributed by atoms with E-state index in [-0.39, 0.29) is 5.91 Å². The second-order valence-electron chi connectivity index (χ2n) is 5.09. The van der Waals surface area contributed by atoms with E-state index in [1.807, 2.05) is 35.2 Å². The van der Waals surface area contributed by atoms with Gasteiger partial charge in [-0.15, -0.1) is 5.10 Å². The lowest BCUT2D eigenvalue weighted by Crippen LogP contribution is -2.49. The number of aromatic nitrogens is 2. The van der Waals surface area contributed by atoms with Crippen molar-refractivity contribution in [2.75, 3.05) is 38.2 Å². The Morgan fingerprint density at radius 3 is 2.64 bits per heavy atom. The molecule has 1 aromatic heterocycles. The number of carbonyl (C=O) groups is 1. The van der Waals surface area contributed by atoms with Crippen molar-refractivity contribution >= 4 is 11.7 Å². The van der Waals surface area contributed by atoms with Gasteiger partial charge in [-0.25, -0.2) is 0 Å². The summed E-state index contributed by atoms with van der Waals surface area (Å²) in [5, 5.41) is 8.00. The predicted octanol–water partition coefficient (Wildman–Crippen LogP) is 1.45. The molecule has 1 aromatic carbocycles. The van der Waals surface area contributed by atoms with E-state index in [4.69, 9.17) is 4.74 Å². The third kappa shape index (κ3) is 3.00. The van der Waals surface area contributed by atoms with E-state index in [2.05, 4.69) is 15.1 Å². The molecular weight excluding hydrogens is 280 g/mol. The molecule has 22 heavy (non-hydrogen) atoms. The van der Waals surface area contributed by atoms with E-state index in [0.717, 1.165) is 18.9 Å². The van der Waals surface area contributed by atoms with Crippen LogP contribution in [0.2, 0.25) is 0 Å². The van der Waals surface area contributed by atoms with Crippen LogP contribution in [0, 0.1) is 0 Å². The Morgan fingerprint density at radius 2 is 1.95 bits per heavy atom. The molecule has 0 saturated carbocycles. The average molecular weight is 298 g/mol. The topological polar surface area (TPSA) is 58.6 Å². The second kappa shape index (κ2) is 6.43. The average Bonchev–Trinajstić information content (AvgIpc) is 2.62. The largest absolute Gasteiger partial charge is 0.497 e. The number of benzene rings is 1. The number of methoxy groups -OCH3 is 1. The number of ether oxygens (including phenoxy) is 1. The fraction of sp³-hybridized carbons (Fsp3) is 0.312. The molecule has 1 saturated heterocycles. The van der Waals surface area contributed by atoms with Crippen LogP contribution in [-0.4, -0.2) is 54.3 Å². The molecule has 0 aliphatic carbocycles. The lowest BCUT2D eigenvalue weighted by Gasteiger charge is -2.35. The first-order valence-electron chi connectivity index (χ1n) is 7.24. The molecule has 2 aromatic rings. The maximum Gasteiger partial charge on any atom is 0.254 e. The Hall–Kier alpha value is -2.63. The molecule has 0 bridgehead atoms. The van der Waals surface area contributed by atoms with Crippen molar-refractivity contribution in [3.8, 4) is 5.75 Å². The summed E-state index contributed by atoms with van der Waals surface area (Å²) in [7, 11) is 1.60. The van der Waals surface area contributed by atoms with Crippen molar-refractivity contribution in [2.45, 2.75) is 0 Å². The minimum atomic E-state index is 0.0395. The van der Waals surface area contributed by atoms with Gasteiger partial charge in [-0.2, -0.15) is 5.10 Å². The third-order valence-corrected chi connectivity index (χ3v) is 3.77. The fourth-order valence-electron chi connectivity index (χ4n) is 2.54. The van der Waals surface area contributed by atoms with Crippen LogP contribution >= 0.6 is 0 Å². The fourth-order valence-corrected chi connectivity index (χ4v) is 2.54. The van der Waals surface area contributed by atoms with Crippen LogP contribution in [-0.2, 0) is 0 Å². The zero-order valence-electron chi connectivity index (χ0n) is 12.5. The standard InChI is InChI=1S/C16H18N4O2/c1-22-14-5-2-4-13(12-14)16(21)20-10-8-19(9-11-20)15-6-3-7-17-18-15/h2-7,12H,8-11H2,1H3. The number of hydrogen-bond donors (Lipinski definition) is 0. The zero-order valence-corrected chi connectivity index (χ0v) is 12.5. The van der Waals surface area contributed by atoms with Gasteiger partial charge >= 0.3 is 0 Å². The van der Waals surface area contributed by atoms with Gasteiger partial charge in [0, 0.05) is 37.9 Å². The Bertz CT molecular complexity index is 640. The Kier molecular flexibility index (Phi) is 4.18. The lowest BCUT2D eigenvalue weighted by molar-refractivity contribution is 0.0746. The highest BCUT2D eigenvalue weighted by Gasteiger charge is 2.23. The number of anilines is 1. The Labute approximate surface area is 129 Å². The van der Waals surface area contributed by atoms with Gasteiger partial charge in [0.1, 0.15) is 5.75 Å². The third-order valence-electron chi connectivity index (χ3n) is 3.77. The van der Waals surface area contributed by atoms with Crippen LogP contribution in [0.3, 0.4) is 0 Å². The quantitative estimate of drug-likeness (QED) is 0.858. The highest BCUT2D eigenvalue weighted by atomic mass is 16.5. The van der Waals surface area contributed by atoms with Crippen molar-refractivity contribution in [2.24, 2.45) is 0 Å². The van der Waals surface area contributed by atoms with Gasteiger partial charge in [-0.05, 0) is 30.3 Å². The number of piperazine rings is 1. The molecule has 0 unspecified atom stereocenters. The molecule has 3 rings (SSSR count). The number of hydrogen-bond acceptors (Lipinski definition) is 5. The van der Waals surface area contributed by atoms with E-state index in [1.54, 1.807) is 19.4 Å². The van der Waals surface area contributed by atoms with Crippen LogP contribution in [0.25, 0.3) is 0 Å². The van der Waals surface area contributed by atoms with Gasteiger partial charge in [-0.3, -0.25) is 4.79 Å². The van der Waals surface area contributed by atoms with Crippen molar-refractivity contribution < 1.29 is 9.53 Å². The van der Waals surface area contributed by atoms with Gasteiger partial charge in [0.25, 0.3) is 5.91 Å². The summed E-state index contributed by atoms with van der Waals surface area (Å²) in [6, 6.07) is 11.1. The normalized spacial score (nSPS) is 14.8. The van der Waals surface area contributed by atoms with E-state index >= 15 is 0 Å². The summed E-state index contributed by atoms with van der Waals surface area (Å²) < 4.78 is 5.17. The monoisotopic (exact) mass is 298 g/mol. The summed E-state index contributed by atoms with van der Waals surface area (Å²) in [5.41, 5.74) is 0.660. The van der Waals surface area contributed by atoms with Crippen molar-refractivity contribution in [3.05, 3.63) is 48.2 Å². The summed E-state index contributed by atoms with van der Waals surface area (Å²) in [6.45, 7) is 2.86.